The average Bonchev–Trinajstić information content (AvgIpc) is 3.37. The van der Waals surface area contributed by atoms with E-state index in [-0.39, 0.29) is 24.4 Å². The number of aryl methyl sites for hydroxylation is 1. The van der Waals surface area contributed by atoms with Crippen LogP contribution in [-0.2, 0) is 28.1 Å². The van der Waals surface area contributed by atoms with Crippen molar-refractivity contribution in [2.24, 2.45) is 0 Å². The molecule has 10 heteroatoms. The van der Waals surface area contributed by atoms with Crippen LogP contribution in [0, 0.1) is 0 Å². The number of hydrogen-bond acceptors (Lipinski definition) is 8. The van der Waals surface area contributed by atoms with Gasteiger partial charge in [0.15, 0.2) is 5.16 Å². The third-order valence-corrected chi connectivity index (χ3v) is 7.78. The molecule has 3 N–H and O–H groups in total. The molecule has 174 valence electrons. The fourth-order valence-electron chi connectivity index (χ4n) is 3.88. The SMILES string of the molecule is CCOC(=O)c1c(NC(=O)C(C)n2c(N)nnc2SCc2ccccc2)sc2c1CCCC2. The molecule has 1 aromatic carbocycles. The zero-order valence-electron chi connectivity index (χ0n) is 18.7. The van der Waals surface area contributed by atoms with E-state index in [1.165, 1.54) is 23.1 Å². The Hall–Kier alpha value is -2.85. The number of amides is 1. The minimum absolute atomic E-state index is 0.171. The van der Waals surface area contributed by atoms with E-state index in [2.05, 4.69) is 15.5 Å². The minimum Gasteiger partial charge on any atom is -0.462 e. The lowest BCUT2D eigenvalue weighted by Crippen LogP contribution is -2.26. The number of hydrogen-bond donors (Lipinski definition) is 2. The number of ether oxygens (including phenoxy) is 1. The fourth-order valence-corrected chi connectivity index (χ4v) is 6.14. The number of nitrogens with zero attached hydrogens (tertiary/aromatic N) is 3. The lowest BCUT2D eigenvalue weighted by Gasteiger charge is -2.16. The summed E-state index contributed by atoms with van der Waals surface area (Å²) in [6.45, 7) is 3.81. The Kier molecular flexibility index (Phi) is 7.34. The summed E-state index contributed by atoms with van der Waals surface area (Å²) in [7, 11) is 0. The number of thioether (sulfide) groups is 1. The van der Waals surface area contributed by atoms with Crippen LogP contribution in [0.4, 0.5) is 10.9 Å². The van der Waals surface area contributed by atoms with E-state index in [0.29, 0.717) is 21.5 Å². The molecule has 0 fully saturated rings. The van der Waals surface area contributed by atoms with Gasteiger partial charge in [0, 0.05) is 10.6 Å². The largest absolute Gasteiger partial charge is 0.462 e. The van der Waals surface area contributed by atoms with Crippen LogP contribution in [0.5, 0.6) is 0 Å². The highest BCUT2D eigenvalue weighted by Crippen LogP contribution is 2.39. The number of carbonyl (C=O) groups is 2. The molecular formula is C23H27N5O3S2. The highest BCUT2D eigenvalue weighted by molar-refractivity contribution is 7.98. The second-order valence-electron chi connectivity index (χ2n) is 7.79. The van der Waals surface area contributed by atoms with E-state index in [1.807, 2.05) is 30.3 Å². The number of rotatable bonds is 8. The van der Waals surface area contributed by atoms with Crippen molar-refractivity contribution >= 4 is 45.9 Å². The Morgan fingerprint density at radius 1 is 1.24 bits per heavy atom. The molecule has 2 aromatic heterocycles. The molecule has 0 saturated carbocycles. The van der Waals surface area contributed by atoms with Crippen molar-refractivity contribution in [2.45, 2.75) is 56.5 Å². The third-order valence-electron chi connectivity index (χ3n) is 5.56. The van der Waals surface area contributed by atoms with E-state index >= 15 is 0 Å². The standard InChI is InChI=1S/C23H27N5O3S2/c1-3-31-21(30)18-16-11-7-8-12-17(16)33-20(18)25-19(29)14(2)28-22(24)26-27-23(28)32-13-15-9-5-4-6-10-15/h4-6,9-10,14H,3,7-8,11-13H2,1-2H3,(H2,24,26)(H,25,29). The number of benzene rings is 1. The van der Waals surface area contributed by atoms with Gasteiger partial charge < -0.3 is 15.8 Å². The highest BCUT2D eigenvalue weighted by Gasteiger charge is 2.29. The molecule has 0 radical (unpaired) electrons. The molecule has 8 nitrogen and oxygen atoms in total. The first kappa shape index (κ1) is 23.3. The highest BCUT2D eigenvalue weighted by atomic mass is 32.2. The van der Waals surface area contributed by atoms with Crippen molar-refractivity contribution < 1.29 is 14.3 Å². The summed E-state index contributed by atoms with van der Waals surface area (Å²) in [5, 5.41) is 12.2. The summed E-state index contributed by atoms with van der Waals surface area (Å²) < 4.78 is 6.91. The Bertz CT molecular complexity index is 1140. The van der Waals surface area contributed by atoms with Gasteiger partial charge in [-0.15, -0.1) is 21.5 Å². The second kappa shape index (κ2) is 10.4. The maximum absolute atomic E-state index is 13.2. The normalized spacial score (nSPS) is 13.9. The van der Waals surface area contributed by atoms with Crippen LogP contribution in [0.1, 0.15) is 59.1 Å². The maximum Gasteiger partial charge on any atom is 0.341 e. The topological polar surface area (TPSA) is 112 Å². The molecule has 33 heavy (non-hydrogen) atoms. The van der Waals surface area contributed by atoms with Crippen molar-refractivity contribution in [1.29, 1.82) is 0 Å². The predicted octanol–water partition coefficient (Wildman–Crippen LogP) is 4.47. The number of esters is 1. The molecule has 0 bridgehead atoms. The van der Waals surface area contributed by atoms with E-state index < -0.39 is 6.04 Å². The maximum atomic E-state index is 13.2. The van der Waals surface area contributed by atoms with Gasteiger partial charge in [0.25, 0.3) is 0 Å². The monoisotopic (exact) mass is 485 g/mol. The second-order valence-corrected chi connectivity index (χ2v) is 9.83. The predicted molar refractivity (Wildman–Crippen MR) is 131 cm³/mol. The Morgan fingerprint density at radius 3 is 2.76 bits per heavy atom. The quantitative estimate of drug-likeness (QED) is 0.358. The van der Waals surface area contributed by atoms with Crippen LogP contribution in [0.3, 0.4) is 0 Å². The van der Waals surface area contributed by atoms with Gasteiger partial charge in [-0.05, 0) is 50.7 Å². The van der Waals surface area contributed by atoms with Crippen molar-refractivity contribution in [1.82, 2.24) is 14.8 Å². The number of nitrogen functional groups attached to an aromatic ring is 1. The van der Waals surface area contributed by atoms with Crippen LogP contribution >= 0.6 is 23.1 Å². The number of nitrogens with two attached hydrogens (primary N) is 1. The third kappa shape index (κ3) is 5.06. The molecule has 1 unspecified atom stereocenters. The molecule has 0 spiro atoms. The number of aromatic nitrogens is 3. The molecule has 2 heterocycles. The number of nitrogens with one attached hydrogen (secondary N) is 1. The number of thiophene rings is 1. The summed E-state index contributed by atoms with van der Waals surface area (Å²) in [6, 6.07) is 9.33. The first-order valence-corrected chi connectivity index (χ1v) is 12.8. The van der Waals surface area contributed by atoms with Crippen LogP contribution in [0.15, 0.2) is 35.5 Å². The van der Waals surface area contributed by atoms with Crippen molar-refractivity contribution in [3.63, 3.8) is 0 Å². The van der Waals surface area contributed by atoms with Crippen LogP contribution in [0.25, 0.3) is 0 Å². The molecule has 0 saturated heterocycles. The van der Waals surface area contributed by atoms with Crippen LogP contribution in [0.2, 0.25) is 0 Å². The van der Waals surface area contributed by atoms with Gasteiger partial charge in [0.05, 0.1) is 12.2 Å². The zero-order chi connectivity index (χ0) is 23.4. The molecule has 1 amide bonds. The first-order chi connectivity index (χ1) is 16.0. The average molecular weight is 486 g/mol. The Labute approximate surface area is 200 Å². The van der Waals surface area contributed by atoms with Gasteiger partial charge in [0.2, 0.25) is 11.9 Å². The Balaban J connectivity index is 1.55. The molecule has 1 aliphatic rings. The summed E-state index contributed by atoms with van der Waals surface area (Å²) >= 11 is 2.93. The van der Waals surface area contributed by atoms with Gasteiger partial charge in [-0.3, -0.25) is 9.36 Å². The van der Waals surface area contributed by atoms with E-state index in [1.54, 1.807) is 18.4 Å². The van der Waals surface area contributed by atoms with E-state index in [0.717, 1.165) is 41.7 Å². The van der Waals surface area contributed by atoms with Crippen LogP contribution < -0.4 is 11.1 Å². The van der Waals surface area contributed by atoms with Crippen molar-refractivity contribution in [2.75, 3.05) is 17.7 Å². The van der Waals surface area contributed by atoms with Gasteiger partial charge in [-0.25, -0.2) is 4.79 Å². The molecule has 3 aromatic rings. The van der Waals surface area contributed by atoms with Gasteiger partial charge in [-0.2, -0.15) is 0 Å². The van der Waals surface area contributed by atoms with E-state index in [9.17, 15) is 9.59 Å². The number of anilines is 2. The summed E-state index contributed by atoms with van der Waals surface area (Å²) in [6.07, 6.45) is 3.85. The lowest BCUT2D eigenvalue weighted by molar-refractivity contribution is -0.118. The van der Waals surface area contributed by atoms with Gasteiger partial charge >= 0.3 is 5.97 Å². The summed E-state index contributed by atoms with van der Waals surface area (Å²) in [5.74, 6) is 0.178. The van der Waals surface area contributed by atoms with Gasteiger partial charge in [0.1, 0.15) is 11.0 Å². The summed E-state index contributed by atoms with van der Waals surface area (Å²) in [4.78, 5) is 27.1. The molecule has 1 atom stereocenters. The van der Waals surface area contributed by atoms with Crippen LogP contribution in [-0.4, -0.2) is 33.2 Å². The zero-order valence-corrected chi connectivity index (χ0v) is 20.3. The number of carbonyl (C=O) groups excluding carboxylic acids is 2. The molecular weight excluding hydrogens is 458 g/mol. The smallest absolute Gasteiger partial charge is 0.341 e. The Morgan fingerprint density at radius 2 is 2.00 bits per heavy atom. The molecule has 1 aliphatic carbocycles. The molecule has 0 aliphatic heterocycles. The van der Waals surface area contributed by atoms with Crippen molar-refractivity contribution in [3.05, 3.63) is 51.9 Å². The summed E-state index contributed by atoms with van der Waals surface area (Å²) in [5.41, 5.74) is 8.70. The number of fused-ring (bicyclic) bond motifs is 1. The van der Waals surface area contributed by atoms with E-state index in [4.69, 9.17) is 10.5 Å². The minimum atomic E-state index is -0.660. The fraction of sp³-hybridized carbons (Fsp3) is 0.391. The molecule has 4 rings (SSSR count). The first-order valence-electron chi connectivity index (χ1n) is 11.0. The van der Waals surface area contributed by atoms with Gasteiger partial charge in [-0.1, -0.05) is 42.1 Å². The van der Waals surface area contributed by atoms with Crippen molar-refractivity contribution in [3.8, 4) is 0 Å². The lowest BCUT2D eigenvalue weighted by atomic mass is 9.95.